The molecular formula is C20H19F2N3O4. The van der Waals surface area contributed by atoms with Gasteiger partial charge in [-0.15, -0.1) is 0 Å². The average molecular weight is 403 g/mol. The van der Waals surface area contributed by atoms with E-state index in [1.54, 1.807) is 24.3 Å². The van der Waals surface area contributed by atoms with Gasteiger partial charge in [0, 0.05) is 19.0 Å². The summed E-state index contributed by atoms with van der Waals surface area (Å²) >= 11 is 0. The van der Waals surface area contributed by atoms with Gasteiger partial charge in [0.1, 0.15) is 17.7 Å². The molecule has 152 valence electrons. The minimum Gasteiger partial charge on any atom is -0.308 e. The molecule has 7 nitrogen and oxygen atoms in total. The Morgan fingerprint density at radius 2 is 1.83 bits per heavy atom. The molecule has 1 saturated heterocycles. The third-order valence-corrected chi connectivity index (χ3v) is 4.67. The zero-order valence-electron chi connectivity index (χ0n) is 15.3. The van der Waals surface area contributed by atoms with Gasteiger partial charge in [-0.25, -0.2) is 24.0 Å². The fraction of sp³-hybridized carbons (Fsp3) is 0.250. The molecule has 29 heavy (non-hydrogen) atoms. The van der Waals surface area contributed by atoms with Gasteiger partial charge in [0.05, 0.1) is 5.69 Å². The number of urea groups is 1. The number of carbonyl (C=O) groups is 3. The highest BCUT2D eigenvalue weighted by Gasteiger charge is 2.46. The molecule has 4 amide bonds. The van der Waals surface area contributed by atoms with Crippen LogP contribution in [-0.2, 0) is 16.1 Å². The van der Waals surface area contributed by atoms with Gasteiger partial charge in [-0.05, 0) is 30.5 Å². The van der Waals surface area contributed by atoms with Crippen molar-refractivity contribution in [1.82, 2.24) is 10.4 Å². The van der Waals surface area contributed by atoms with Gasteiger partial charge in [-0.3, -0.25) is 14.8 Å². The Kier molecular flexibility index (Phi) is 6.18. The van der Waals surface area contributed by atoms with Gasteiger partial charge in [-0.2, -0.15) is 0 Å². The Labute approximate surface area is 165 Å². The molecule has 2 aromatic carbocycles. The molecule has 1 fully saturated rings. The molecule has 2 aromatic rings. The second-order valence-corrected chi connectivity index (χ2v) is 6.61. The van der Waals surface area contributed by atoms with Gasteiger partial charge in [0.25, 0.3) is 5.91 Å². The van der Waals surface area contributed by atoms with Crippen LogP contribution < -0.4 is 10.4 Å². The number of halogens is 2. The Bertz CT molecular complexity index is 923. The van der Waals surface area contributed by atoms with Crippen molar-refractivity contribution in [3.05, 3.63) is 65.7 Å². The normalized spacial score (nSPS) is 16.4. The number of carbonyl (C=O) groups excluding carboxylic acids is 3. The first-order valence-corrected chi connectivity index (χ1v) is 8.99. The van der Waals surface area contributed by atoms with E-state index in [0.717, 1.165) is 17.7 Å². The number of amides is 4. The number of hydrogen-bond acceptors (Lipinski definition) is 4. The lowest BCUT2D eigenvalue weighted by atomic mass is 10.1. The predicted octanol–water partition coefficient (Wildman–Crippen LogP) is 2.98. The molecule has 3 rings (SSSR count). The SMILES string of the molecule is O=C(CCCC1C(=O)N(c2ccc(F)cc2F)C(=O)N1Cc1ccccc1)NO. The Morgan fingerprint density at radius 3 is 2.48 bits per heavy atom. The van der Waals surface area contributed by atoms with Gasteiger partial charge < -0.3 is 4.90 Å². The van der Waals surface area contributed by atoms with Crippen LogP contribution in [0.2, 0.25) is 0 Å². The van der Waals surface area contributed by atoms with Gasteiger partial charge in [-0.1, -0.05) is 30.3 Å². The number of benzene rings is 2. The predicted molar refractivity (Wildman–Crippen MR) is 98.8 cm³/mol. The van der Waals surface area contributed by atoms with Crippen LogP contribution in [0.4, 0.5) is 19.3 Å². The summed E-state index contributed by atoms with van der Waals surface area (Å²) in [4.78, 5) is 39.2. The lowest BCUT2D eigenvalue weighted by Crippen LogP contribution is -2.35. The molecule has 1 aliphatic heterocycles. The topological polar surface area (TPSA) is 90.0 Å². The highest BCUT2D eigenvalue weighted by molar-refractivity contribution is 6.21. The van der Waals surface area contributed by atoms with Crippen LogP contribution in [0.5, 0.6) is 0 Å². The van der Waals surface area contributed by atoms with Crippen molar-refractivity contribution >= 4 is 23.5 Å². The number of imide groups is 1. The second kappa shape index (κ2) is 8.78. The molecule has 1 aliphatic rings. The molecule has 0 saturated carbocycles. The third kappa shape index (κ3) is 4.40. The number of nitrogens with one attached hydrogen (secondary N) is 1. The van der Waals surface area contributed by atoms with Crippen LogP contribution in [0, 0.1) is 11.6 Å². The quantitative estimate of drug-likeness (QED) is 0.423. The van der Waals surface area contributed by atoms with Gasteiger partial charge in [0.2, 0.25) is 5.91 Å². The van der Waals surface area contributed by atoms with Crippen molar-refractivity contribution < 1.29 is 28.4 Å². The third-order valence-electron chi connectivity index (χ3n) is 4.67. The van der Waals surface area contributed by atoms with E-state index in [0.29, 0.717) is 11.0 Å². The summed E-state index contributed by atoms with van der Waals surface area (Å²) in [5, 5.41) is 8.60. The van der Waals surface area contributed by atoms with Crippen molar-refractivity contribution in [2.45, 2.75) is 31.8 Å². The monoisotopic (exact) mass is 403 g/mol. The highest BCUT2D eigenvalue weighted by Crippen LogP contribution is 2.31. The molecule has 0 aliphatic carbocycles. The lowest BCUT2D eigenvalue weighted by molar-refractivity contribution is -0.129. The summed E-state index contributed by atoms with van der Waals surface area (Å²) in [7, 11) is 0. The van der Waals surface area contributed by atoms with Crippen LogP contribution in [0.15, 0.2) is 48.5 Å². The van der Waals surface area contributed by atoms with Crippen LogP contribution in [-0.4, -0.2) is 34.0 Å². The molecule has 0 aromatic heterocycles. The second-order valence-electron chi connectivity index (χ2n) is 6.61. The Morgan fingerprint density at radius 1 is 1.10 bits per heavy atom. The maximum absolute atomic E-state index is 14.2. The fourth-order valence-electron chi connectivity index (χ4n) is 3.27. The summed E-state index contributed by atoms with van der Waals surface area (Å²) in [5.74, 6) is -3.11. The van der Waals surface area contributed by atoms with E-state index in [2.05, 4.69) is 0 Å². The largest absolute Gasteiger partial charge is 0.332 e. The minimum absolute atomic E-state index is 0.0431. The van der Waals surface area contributed by atoms with Crippen molar-refractivity contribution in [2.24, 2.45) is 0 Å². The van der Waals surface area contributed by atoms with Crippen molar-refractivity contribution in [3.8, 4) is 0 Å². The van der Waals surface area contributed by atoms with Crippen molar-refractivity contribution in [2.75, 3.05) is 4.90 Å². The van der Waals surface area contributed by atoms with E-state index in [4.69, 9.17) is 5.21 Å². The van der Waals surface area contributed by atoms with Crippen LogP contribution in [0.1, 0.15) is 24.8 Å². The summed E-state index contributed by atoms with van der Waals surface area (Å²) in [5.41, 5.74) is 1.96. The average Bonchev–Trinajstić information content (AvgIpc) is 2.93. The number of anilines is 1. The zero-order valence-corrected chi connectivity index (χ0v) is 15.3. The number of nitrogens with zero attached hydrogens (tertiary/aromatic N) is 2. The maximum Gasteiger partial charge on any atom is 0.332 e. The first kappa shape index (κ1) is 20.4. The standard InChI is InChI=1S/C20H19F2N3O4/c21-14-9-10-16(15(22)11-14)25-19(27)17(7-4-8-18(26)23-29)24(20(25)28)12-13-5-2-1-3-6-13/h1-3,5-6,9-11,17,29H,4,7-8,12H2,(H,23,26). The van der Waals surface area contributed by atoms with E-state index in [9.17, 15) is 23.2 Å². The molecule has 2 N–H and O–H groups in total. The molecule has 0 spiro atoms. The van der Waals surface area contributed by atoms with Gasteiger partial charge in [0.15, 0.2) is 0 Å². The summed E-state index contributed by atoms with van der Waals surface area (Å²) in [6.45, 7) is 0.113. The summed E-state index contributed by atoms with van der Waals surface area (Å²) in [6.07, 6.45) is 0.323. The molecular weight excluding hydrogens is 384 g/mol. The zero-order chi connectivity index (χ0) is 21.0. The lowest BCUT2D eigenvalue weighted by Gasteiger charge is -2.22. The Balaban J connectivity index is 1.88. The first-order valence-electron chi connectivity index (χ1n) is 8.99. The summed E-state index contributed by atoms with van der Waals surface area (Å²) < 4.78 is 27.5. The van der Waals surface area contributed by atoms with Crippen LogP contribution in [0.3, 0.4) is 0 Å². The molecule has 0 bridgehead atoms. The number of hydrogen-bond donors (Lipinski definition) is 2. The van der Waals surface area contributed by atoms with Gasteiger partial charge >= 0.3 is 6.03 Å². The number of rotatable bonds is 7. The van der Waals surface area contributed by atoms with Crippen LogP contribution in [0.25, 0.3) is 0 Å². The molecule has 1 atom stereocenters. The van der Waals surface area contributed by atoms with E-state index < -0.39 is 35.5 Å². The molecule has 0 radical (unpaired) electrons. The smallest absolute Gasteiger partial charge is 0.308 e. The maximum atomic E-state index is 14.2. The summed E-state index contributed by atoms with van der Waals surface area (Å²) in [6, 6.07) is 9.94. The van der Waals surface area contributed by atoms with Crippen LogP contribution >= 0.6 is 0 Å². The Hall–Kier alpha value is -3.33. The van der Waals surface area contributed by atoms with E-state index >= 15 is 0 Å². The van der Waals surface area contributed by atoms with E-state index in [-0.39, 0.29) is 31.5 Å². The molecule has 1 heterocycles. The minimum atomic E-state index is -1.02. The van der Waals surface area contributed by atoms with E-state index in [1.807, 2.05) is 6.07 Å². The molecule has 1 unspecified atom stereocenters. The van der Waals surface area contributed by atoms with Crippen molar-refractivity contribution in [3.63, 3.8) is 0 Å². The fourth-order valence-corrected chi connectivity index (χ4v) is 3.27. The number of hydroxylamine groups is 1. The highest BCUT2D eigenvalue weighted by atomic mass is 19.1. The molecule has 9 heteroatoms. The van der Waals surface area contributed by atoms with Crippen molar-refractivity contribution in [1.29, 1.82) is 0 Å². The van der Waals surface area contributed by atoms with E-state index in [1.165, 1.54) is 10.4 Å². The first-order chi connectivity index (χ1) is 13.9.